The number of likely N-dealkylation sites (N-methyl/N-ethyl adjacent to an activating group) is 1. The molecule has 17 heavy (non-hydrogen) atoms. The van der Waals surface area contributed by atoms with Crippen LogP contribution < -0.4 is 5.73 Å². The molecule has 0 bridgehead atoms. The van der Waals surface area contributed by atoms with Crippen molar-refractivity contribution in [2.45, 2.75) is 38.8 Å². The summed E-state index contributed by atoms with van der Waals surface area (Å²) in [7, 11) is 1.57. The zero-order chi connectivity index (χ0) is 13.4. The normalized spacial score (nSPS) is 14.1. The van der Waals surface area contributed by atoms with Crippen molar-refractivity contribution < 1.29 is 19.4 Å². The van der Waals surface area contributed by atoms with Gasteiger partial charge in [-0.2, -0.15) is 0 Å². The van der Waals surface area contributed by atoms with Gasteiger partial charge in [0, 0.05) is 20.1 Å². The molecule has 2 atom stereocenters. The highest BCUT2D eigenvalue weighted by Crippen LogP contribution is 2.05. The Kier molecular flexibility index (Phi) is 7.49. The molecule has 1 amide bonds. The Morgan fingerprint density at radius 3 is 2.47 bits per heavy atom. The van der Waals surface area contributed by atoms with Crippen molar-refractivity contribution in [2.24, 2.45) is 5.73 Å². The maximum Gasteiger partial charge on any atom is 0.303 e. The Hall–Kier alpha value is -1.14. The fraction of sp³-hybridized carbons (Fsp3) is 0.818. The number of aliphatic carboxylic acids is 1. The Labute approximate surface area is 102 Å². The Bertz CT molecular complexity index is 258. The van der Waals surface area contributed by atoms with E-state index < -0.39 is 12.0 Å². The van der Waals surface area contributed by atoms with Gasteiger partial charge in [-0.25, -0.2) is 0 Å². The summed E-state index contributed by atoms with van der Waals surface area (Å²) in [4.78, 5) is 24.0. The SMILES string of the molecule is CCN(C(=O)C(N)CCC(=O)O)C(C)COC. The van der Waals surface area contributed by atoms with E-state index in [-0.39, 0.29) is 24.8 Å². The molecule has 0 aromatic heterocycles. The van der Waals surface area contributed by atoms with Crippen LogP contribution in [-0.4, -0.2) is 54.2 Å². The molecule has 0 rings (SSSR count). The van der Waals surface area contributed by atoms with Crippen LogP contribution in [0.5, 0.6) is 0 Å². The first-order valence-electron chi connectivity index (χ1n) is 5.70. The molecule has 0 aliphatic heterocycles. The number of carbonyl (C=O) groups excluding carboxylic acids is 1. The zero-order valence-electron chi connectivity index (χ0n) is 10.7. The highest BCUT2D eigenvalue weighted by Gasteiger charge is 2.24. The predicted octanol–water partition coefficient (Wildman–Crippen LogP) is 0.0619. The van der Waals surface area contributed by atoms with Crippen molar-refractivity contribution in [2.75, 3.05) is 20.3 Å². The zero-order valence-corrected chi connectivity index (χ0v) is 10.7. The molecular weight excluding hydrogens is 224 g/mol. The Balaban J connectivity index is 4.36. The number of amides is 1. The number of carboxylic acid groups (broad SMARTS) is 1. The van der Waals surface area contributed by atoms with Gasteiger partial charge in [-0.3, -0.25) is 9.59 Å². The van der Waals surface area contributed by atoms with Gasteiger partial charge in [-0.15, -0.1) is 0 Å². The number of hydrogen-bond acceptors (Lipinski definition) is 4. The minimum Gasteiger partial charge on any atom is -0.481 e. The first-order chi connectivity index (χ1) is 7.93. The number of rotatable bonds is 8. The summed E-state index contributed by atoms with van der Waals surface area (Å²) in [5.41, 5.74) is 5.68. The largest absolute Gasteiger partial charge is 0.481 e. The molecule has 0 saturated heterocycles. The average molecular weight is 246 g/mol. The highest BCUT2D eigenvalue weighted by molar-refractivity contribution is 5.82. The lowest BCUT2D eigenvalue weighted by Crippen LogP contribution is -2.49. The molecule has 2 unspecified atom stereocenters. The molecule has 0 spiro atoms. The first kappa shape index (κ1) is 15.9. The van der Waals surface area contributed by atoms with Gasteiger partial charge in [0.2, 0.25) is 5.91 Å². The first-order valence-corrected chi connectivity index (χ1v) is 5.70. The molecule has 0 fully saturated rings. The standard InChI is InChI=1S/C11H22N2O4/c1-4-13(8(2)7-17-3)11(16)9(12)5-6-10(14)15/h8-9H,4-7,12H2,1-3H3,(H,14,15). The summed E-state index contributed by atoms with van der Waals surface area (Å²) in [5, 5.41) is 8.53. The van der Waals surface area contributed by atoms with Crippen LogP contribution in [0.3, 0.4) is 0 Å². The van der Waals surface area contributed by atoms with Gasteiger partial charge in [0.1, 0.15) is 0 Å². The van der Waals surface area contributed by atoms with Crippen LogP contribution in [-0.2, 0) is 14.3 Å². The molecule has 0 aromatic carbocycles. The highest BCUT2D eigenvalue weighted by atomic mass is 16.5. The monoisotopic (exact) mass is 246 g/mol. The van der Waals surface area contributed by atoms with E-state index in [1.165, 1.54) is 0 Å². The lowest BCUT2D eigenvalue weighted by molar-refractivity contribution is -0.138. The summed E-state index contributed by atoms with van der Waals surface area (Å²) in [6, 6.07) is -0.821. The van der Waals surface area contributed by atoms with Crippen LogP contribution in [0.1, 0.15) is 26.7 Å². The molecule has 3 N–H and O–H groups in total. The third-order valence-corrected chi connectivity index (χ3v) is 2.55. The molecule has 0 aliphatic carbocycles. The van der Waals surface area contributed by atoms with Crippen molar-refractivity contribution in [1.82, 2.24) is 4.90 Å². The number of carbonyl (C=O) groups is 2. The second-order valence-corrected chi connectivity index (χ2v) is 3.97. The lowest BCUT2D eigenvalue weighted by atomic mass is 10.1. The lowest BCUT2D eigenvalue weighted by Gasteiger charge is -2.29. The van der Waals surface area contributed by atoms with Crippen molar-refractivity contribution in [3.63, 3.8) is 0 Å². The summed E-state index contributed by atoms with van der Waals surface area (Å²) < 4.78 is 4.99. The van der Waals surface area contributed by atoms with Crippen LogP contribution >= 0.6 is 0 Å². The quantitative estimate of drug-likeness (QED) is 0.632. The average Bonchev–Trinajstić information content (AvgIpc) is 2.26. The number of carboxylic acids is 1. The van der Waals surface area contributed by atoms with E-state index in [2.05, 4.69) is 0 Å². The van der Waals surface area contributed by atoms with E-state index in [0.29, 0.717) is 13.2 Å². The molecule has 0 radical (unpaired) electrons. The molecule has 6 nitrogen and oxygen atoms in total. The second-order valence-electron chi connectivity index (χ2n) is 3.97. The molecule has 100 valence electrons. The van der Waals surface area contributed by atoms with Crippen molar-refractivity contribution in [1.29, 1.82) is 0 Å². The van der Waals surface area contributed by atoms with Gasteiger partial charge in [-0.05, 0) is 20.3 Å². The van der Waals surface area contributed by atoms with E-state index in [1.54, 1.807) is 12.0 Å². The predicted molar refractivity (Wildman–Crippen MR) is 63.6 cm³/mol. The van der Waals surface area contributed by atoms with E-state index in [1.807, 2.05) is 13.8 Å². The third kappa shape index (κ3) is 5.65. The summed E-state index contributed by atoms with van der Waals surface area (Å²) in [6.07, 6.45) is 0.0630. The van der Waals surface area contributed by atoms with Crippen molar-refractivity contribution in [3.05, 3.63) is 0 Å². The fourth-order valence-electron chi connectivity index (χ4n) is 1.63. The molecule has 6 heteroatoms. The van der Waals surface area contributed by atoms with Crippen LogP contribution in [0.4, 0.5) is 0 Å². The molecule has 0 aliphatic rings. The number of nitrogens with two attached hydrogens (primary N) is 1. The van der Waals surface area contributed by atoms with Gasteiger partial charge in [-0.1, -0.05) is 0 Å². The number of hydrogen-bond donors (Lipinski definition) is 2. The van der Waals surface area contributed by atoms with Gasteiger partial charge < -0.3 is 20.5 Å². The van der Waals surface area contributed by atoms with Crippen molar-refractivity contribution >= 4 is 11.9 Å². The van der Waals surface area contributed by atoms with E-state index in [9.17, 15) is 9.59 Å². The number of nitrogens with zero attached hydrogens (tertiary/aromatic N) is 1. The van der Waals surface area contributed by atoms with E-state index in [4.69, 9.17) is 15.6 Å². The van der Waals surface area contributed by atoms with Gasteiger partial charge in [0.25, 0.3) is 0 Å². The summed E-state index contributed by atoms with van der Waals surface area (Å²) in [5.74, 6) is -1.17. The minimum atomic E-state index is -0.943. The van der Waals surface area contributed by atoms with Crippen LogP contribution in [0.2, 0.25) is 0 Å². The second kappa shape index (κ2) is 8.03. The Morgan fingerprint density at radius 2 is 2.06 bits per heavy atom. The minimum absolute atomic E-state index is 0.0617. The van der Waals surface area contributed by atoms with Gasteiger partial charge >= 0.3 is 5.97 Å². The number of methoxy groups -OCH3 is 1. The fourth-order valence-corrected chi connectivity index (χ4v) is 1.63. The smallest absolute Gasteiger partial charge is 0.303 e. The summed E-state index contributed by atoms with van der Waals surface area (Å²) >= 11 is 0. The van der Waals surface area contributed by atoms with Gasteiger partial charge in [0.15, 0.2) is 0 Å². The van der Waals surface area contributed by atoms with Crippen LogP contribution in [0, 0.1) is 0 Å². The molecule has 0 aromatic rings. The third-order valence-electron chi connectivity index (χ3n) is 2.55. The Morgan fingerprint density at radius 1 is 1.47 bits per heavy atom. The van der Waals surface area contributed by atoms with Crippen LogP contribution in [0.25, 0.3) is 0 Å². The van der Waals surface area contributed by atoms with Crippen molar-refractivity contribution in [3.8, 4) is 0 Å². The maximum absolute atomic E-state index is 12.0. The van der Waals surface area contributed by atoms with Crippen LogP contribution in [0.15, 0.2) is 0 Å². The molecule has 0 heterocycles. The number of ether oxygens (including phenoxy) is 1. The topological polar surface area (TPSA) is 92.9 Å². The van der Waals surface area contributed by atoms with E-state index >= 15 is 0 Å². The van der Waals surface area contributed by atoms with Gasteiger partial charge in [0.05, 0.1) is 18.7 Å². The maximum atomic E-state index is 12.0. The molecular formula is C11H22N2O4. The van der Waals surface area contributed by atoms with E-state index in [0.717, 1.165) is 0 Å². The molecule has 0 saturated carbocycles. The summed E-state index contributed by atoms with van der Waals surface area (Å²) in [6.45, 7) is 4.69.